The minimum atomic E-state index is -0.824. The maximum absolute atomic E-state index is 11.1. The van der Waals surface area contributed by atoms with Crippen molar-refractivity contribution >= 4 is 5.97 Å². The van der Waals surface area contributed by atoms with Crippen LogP contribution in [0, 0.1) is 9.81 Å². The number of aliphatic carboxylic acids is 1. The summed E-state index contributed by atoms with van der Waals surface area (Å²) in [6.07, 6.45) is 29.9. The molecule has 0 aliphatic carbocycles. The van der Waals surface area contributed by atoms with Gasteiger partial charge in [0, 0.05) is 6.42 Å². The van der Waals surface area contributed by atoms with Gasteiger partial charge in [-0.2, -0.15) is 9.81 Å². The Hall–Kier alpha value is -2.11. The van der Waals surface area contributed by atoms with Crippen LogP contribution >= 0.6 is 0 Å². The van der Waals surface area contributed by atoms with Crippen LogP contribution in [0.5, 0.6) is 0 Å². The molecule has 0 aromatic heterocycles. The predicted octanol–water partition coefficient (Wildman–Crippen LogP) is 9.05. The third-order valence-electron chi connectivity index (χ3n) is 5.94. The standard InChI is InChI=1S/C28H48N2O4/c1-2-3-4-5-6-7-8-9-10-11-12-13-16-21-26(29-33)22-17-14-18-23-27(30-34)24-19-15-20-25-28(31)32/h6-7,14-15,17,19,26-27H,2-5,8-13,16,18,20-25H2,1H3,(H,31,32)/b7-6-,17-14-,19-15-. The molecule has 0 amide bonds. The molecule has 0 saturated carbocycles. The Morgan fingerprint density at radius 1 is 0.647 bits per heavy atom. The van der Waals surface area contributed by atoms with Crippen molar-refractivity contribution in [2.24, 2.45) is 10.4 Å². The molecule has 0 aromatic carbocycles. The molecule has 2 atom stereocenters. The zero-order valence-electron chi connectivity index (χ0n) is 21.4. The number of hydrogen-bond donors (Lipinski definition) is 1. The van der Waals surface area contributed by atoms with Crippen LogP contribution in [0.3, 0.4) is 0 Å². The highest BCUT2D eigenvalue weighted by atomic mass is 16.4. The van der Waals surface area contributed by atoms with Gasteiger partial charge in [0.25, 0.3) is 0 Å². The molecule has 6 nitrogen and oxygen atoms in total. The lowest BCUT2D eigenvalue weighted by Crippen LogP contribution is -2.02. The highest BCUT2D eigenvalue weighted by molar-refractivity contribution is 5.66. The predicted molar refractivity (Wildman–Crippen MR) is 143 cm³/mol. The molecule has 0 fully saturated rings. The minimum Gasteiger partial charge on any atom is -0.481 e. The lowest BCUT2D eigenvalue weighted by atomic mass is 10.0. The maximum Gasteiger partial charge on any atom is 0.303 e. The fourth-order valence-electron chi connectivity index (χ4n) is 3.76. The van der Waals surface area contributed by atoms with Crippen molar-refractivity contribution in [3.63, 3.8) is 0 Å². The number of carboxylic acid groups (broad SMARTS) is 1. The molecule has 0 saturated heterocycles. The summed E-state index contributed by atoms with van der Waals surface area (Å²) in [5.74, 6) is -0.824. The van der Waals surface area contributed by atoms with Gasteiger partial charge in [-0.05, 0) is 64.2 Å². The summed E-state index contributed by atoms with van der Waals surface area (Å²) >= 11 is 0. The summed E-state index contributed by atoms with van der Waals surface area (Å²) < 4.78 is 0. The van der Waals surface area contributed by atoms with Crippen LogP contribution in [0.1, 0.15) is 122 Å². The summed E-state index contributed by atoms with van der Waals surface area (Å²) in [6.45, 7) is 2.24. The smallest absolute Gasteiger partial charge is 0.303 e. The zero-order chi connectivity index (χ0) is 25.1. The Labute approximate surface area is 207 Å². The van der Waals surface area contributed by atoms with Crippen molar-refractivity contribution in [1.82, 2.24) is 0 Å². The van der Waals surface area contributed by atoms with Crippen LogP contribution in [0.25, 0.3) is 0 Å². The summed E-state index contributed by atoms with van der Waals surface area (Å²) in [7, 11) is 0. The van der Waals surface area contributed by atoms with Crippen molar-refractivity contribution in [3.8, 4) is 0 Å². The van der Waals surface area contributed by atoms with Crippen molar-refractivity contribution in [3.05, 3.63) is 46.3 Å². The minimum absolute atomic E-state index is 0.0987. The first-order valence-corrected chi connectivity index (χ1v) is 13.5. The molecule has 6 heteroatoms. The highest BCUT2D eigenvalue weighted by Crippen LogP contribution is 2.15. The summed E-state index contributed by atoms with van der Waals surface area (Å²) in [4.78, 5) is 32.5. The zero-order valence-corrected chi connectivity index (χ0v) is 21.4. The molecule has 1 N–H and O–H groups in total. The van der Waals surface area contributed by atoms with Gasteiger partial charge in [-0.15, -0.1) is 0 Å². The van der Waals surface area contributed by atoms with Gasteiger partial charge in [-0.1, -0.05) is 98.7 Å². The van der Waals surface area contributed by atoms with Gasteiger partial charge >= 0.3 is 5.97 Å². The van der Waals surface area contributed by atoms with E-state index in [1.807, 2.05) is 18.2 Å². The molecular weight excluding hydrogens is 428 g/mol. The number of rotatable bonds is 25. The fraction of sp³-hybridized carbons (Fsp3) is 0.750. The molecule has 0 bridgehead atoms. The van der Waals surface area contributed by atoms with Gasteiger partial charge in [0.1, 0.15) is 0 Å². The van der Waals surface area contributed by atoms with Gasteiger partial charge in [0.2, 0.25) is 0 Å². The van der Waals surface area contributed by atoms with Crippen LogP contribution in [-0.2, 0) is 4.79 Å². The van der Waals surface area contributed by atoms with E-state index in [0.29, 0.717) is 25.7 Å². The molecule has 34 heavy (non-hydrogen) atoms. The fourth-order valence-corrected chi connectivity index (χ4v) is 3.76. The van der Waals surface area contributed by atoms with E-state index in [9.17, 15) is 14.6 Å². The molecule has 0 spiro atoms. The monoisotopic (exact) mass is 476 g/mol. The molecule has 0 aliphatic heterocycles. The van der Waals surface area contributed by atoms with Crippen LogP contribution in [-0.4, -0.2) is 23.2 Å². The second-order valence-corrected chi connectivity index (χ2v) is 9.11. The van der Waals surface area contributed by atoms with Crippen LogP contribution in [0.15, 0.2) is 46.8 Å². The van der Waals surface area contributed by atoms with Gasteiger partial charge in [-0.3, -0.25) is 4.79 Å². The topological polar surface area (TPSA) is 96.2 Å². The number of carboxylic acids is 1. The first-order chi connectivity index (χ1) is 16.6. The molecule has 0 rings (SSSR count). The van der Waals surface area contributed by atoms with Crippen molar-refractivity contribution < 1.29 is 9.90 Å². The first-order valence-electron chi connectivity index (χ1n) is 13.5. The van der Waals surface area contributed by atoms with Crippen molar-refractivity contribution in [2.75, 3.05) is 0 Å². The first kappa shape index (κ1) is 31.9. The van der Waals surface area contributed by atoms with E-state index in [0.717, 1.165) is 25.7 Å². The average molecular weight is 477 g/mol. The number of nitroso groups, excluding NO2 is 2. The number of allylic oxidation sites excluding steroid dienone is 4. The molecule has 0 radical (unpaired) electrons. The van der Waals surface area contributed by atoms with Crippen molar-refractivity contribution in [1.29, 1.82) is 0 Å². The summed E-state index contributed by atoms with van der Waals surface area (Å²) in [5, 5.41) is 15.0. The second-order valence-electron chi connectivity index (χ2n) is 9.11. The largest absolute Gasteiger partial charge is 0.481 e. The molecule has 0 aliphatic rings. The molecule has 0 aromatic rings. The summed E-state index contributed by atoms with van der Waals surface area (Å²) in [6, 6.07) is -0.459. The number of carbonyl (C=O) groups is 1. The quantitative estimate of drug-likeness (QED) is 0.0807. The molecule has 2 unspecified atom stereocenters. The summed E-state index contributed by atoms with van der Waals surface area (Å²) in [5.41, 5.74) is 0. The number of unbranched alkanes of at least 4 members (excludes halogenated alkanes) is 9. The normalized spacial score (nSPS) is 13.7. The van der Waals surface area contributed by atoms with Crippen LogP contribution in [0.4, 0.5) is 0 Å². The Morgan fingerprint density at radius 2 is 1.15 bits per heavy atom. The third kappa shape index (κ3) is 23.1. The van der Waals surface area contributed by atoms with E-state index in [-0.39, 0.29) is 18.5 Å². The second kappa shape index (κ2) is 25.5. The number of nitrogens with zero attached hydrogens (tertiary/aromatic N) is 2. The van der Waals surface area contributed by atoms with E-state index in [4.69, 9.17) is 5.11 Å². The molecule has 194 valence electrons. The maximum atomic E-state index is 11.1. The lowest BCUT2D eigenvalue weighted by Gasteiger charge is -2.07. The third-order valence-corrected chi connectivity index (χ3v) is 5.94. The Bertz CT molecular complexity index is 587. The molecular formula is C28H48N2O4. The van der Waals surface area contributed by atoms with E-state index in [1.165, 1.54) is 57.8 Å². The van der Waals surface area contributed by atoms with Gasteiger partial charge < -0.3 is 5.11 Å². The Morgan fingerprint density at radius 3 is 1.74 bits per heavy atom. The average Bonchev–Trinajstić information content (AvgIpc) is 2.83. The lowest BCUT2D eigenvalue weighted by molar-refractivity contribution is -0.136. The van der Waals surface area contributed by atoms with E-state index in [2.05, 4.69) is 29.4 Å². The van der Waals surface area contributed by atoms with Crippen LogP contribution in [0.2, 0.25) is 0 Å². The Kier molecular flexibility index (Phi) is 23.9. The number of hydrogen-bond acceptors (Lipinski definition) is 5. The van der Waals surface area contributed by atoms with Crippen molar-refractivity contribution in [2.45, 2.75) is 135 Å². The SMILES string of the molecule is CCCCC/C=C\CCCCCCCCC(C/C=C\CCC(C/C=C\CCC(=O)O)N=O)N=O. The van der Waals surface area contributed by atoms with E-state index >= 15 is 0 Å². The van der Waals surface area contributed by atoms with Gasteiger partial charge in [0.15, 0.2) is 0 Å². The van der Waals surface area contributed by atoms with E-state index in [1.54, 1.807) is 6.08 Å². The van der Waals surface area contributed by atoms with Gasteiger partial charge in [-0.25, -0.2) is 0 Å². The Balaban J connectivity index is 3.72. The van der Waals surface area contributed by atoms with E-state index < -0.39 is 5.97 Å². The van der Waals surface area contributed by atoms with Crippen LogP contribution < -0.4 is 0 Å². The van der Waals surface area contributed by atoms with Gasteiger partial charge in [0.05, 0.1) is 12.1 Å². The highest BCUT2D eigenvalue weighted by Gasteiger charge is 2.07. The molecule has 0 heterocycles.